The monoisotopic (exact) mass is 260 g/mol. The van der Waals surface area contributed by atoms with Crippen LogP contribution in [0.15, 0.2) is 0 Å². The topological polar surface area (TPSA) is 46.5 Å². The minimum absolute atomic E-state index is 0.144. The highest BCUT2D eigenvalue weighted by Crippen LogP contribution is 2.39. The first-order valence-electron chi connectivity index (χ1n) is 6.92. The first kappa shape index (κ1) is 15.4. The Hall–Kier alpha value is -0.640. The number of halogens is 1. The normalized spacial score (nSPS) is 30.2. The molecule has 0 aromatic rings. The molecule has 3 unspecified atom stereocenters. The zero-order chi connectivity index (χ0) is 13.8. The third-order valence-electron chi connectivity index (χ3n) is 3.63. The summed E-state index contributed by atoms with van der Waals surface area (Å²) in [5.74, 6) is -0.0976. The van der Waals surface area contributed by atoms with Crippen LogP contribution in [-0.2, 0) is 9.53 Å². The number of esters is 1. The second-order valence-corrected chi connectivity index (χ2v) is 5.81. The van der Waals surface area contributed by atoms with Gasteiger partial charge in [0.1, 0.15) is 5.60 Å². The van der Waals surface area contributed by atoms with Crippen molar-refractivity contribution in [3.8, 4) is 0 Å². The Balaban J connectivity index is 2.63. The first-order valence-corrected chi connectivity index (χ1v) is 6.92. The molecule has 3 atom stereocenters. The summed E-state index contributed by atoms with van der Waals surface area (Å²) in [5.41, 5.74) is -1.52. The predicted octanol–water partition coefficient (Wildman–Crippen LogP) is 2.86. The van der Waals surface area contributed by atoms with E-state index in [-0.39, 0.29) is 6.61 Å². The van der Waals surface area contributed by atoms with Crippen LogP contribution in [0.1, 0.15) is 52.9 Å². The van der Waals surface area contributed by atoms with E-state index in [1.165, 1.54) is 0 Å². The molecule has 0 aliphatic heterocycles. The van der Waals surface area contributed by atoms with Crippen molar-refractivity contribution in [2.75, 3.05) is 6.61 Å². The fourth-order valence-corrected chi connectivity index (χ4v) is 2.93. The number of hydrogen-bond acceptors (Lipinski definition) is 3. The number of rotatable bonds is 5. The molecule has 0 spiro atoms. The number of aliphatic hydroxyl groups is 1. The summed E-state index contributed by atoms with van der Waals surface area (Å²) in [7, 11) is 0. The zero-order valence-electron chi connectivity index (χ0n) is 11.6. The van der Waals surface area contributed by atoms with Crippen LogP contribution in [0, 0.1) is 11.8 Å². The molecule has 1 N–H and O–H groups in total. The zero-order valence-corrected chi connectivity index (χ0v) is 11.6. The Labute approximate surface area is 109 Å². The van der Waals surface area contributed by atoms with Gasteiger partial charge in [-0.25, -0.2) is 9.18 Å². The Kier molecular flexibility index (Phi) is 5.57. The average Bonchev–Trinajstić information content (AvgIpc) is 2.27. The summed E-state index contributed by atoms with van der Waals surface area (Å²) in [6, 6.07) is 0. The molecule has 1 saturated carbocycles. The summed E-state index contributed by atoms with van der Waals surface area (Å²) < 4.78 is 18.7. The molecule has 0 heterocycles. The molecule has 1 rings (SSSR count). The minimum atomic E-state index is -1.91. The number of carbonyl (C=O) groups is 1. The summed E-state index contributed by atoms with van der Waals surface area (Å²) >= 11 is 0. The van der Waals surface area contributed by atoms with Crippen molar-refractivity contribution >= 4 is 5.97 Å². The van der Waals surface area contributed by atoms with Gasteiger partial charge in [-0.3, -0.25) is 0 Å². The lowest BCUT2D eigenvalue weighted by Gasteiger charge is -2.38. The maximum Gasteiger partial charge on any atom is 0.343 e. The average molecular weight is 260 g/mol. The Morgan fingerprint density at radius 3 is 2.78 bits per heavy atom. The van der Waals surface area contributed by atoms with Gasteiger partial charge in [0.05, 0.1) is 6.61 Å². The molecule has 1 aliphatic carbocycles. The van der Waals surface area contributed by atoms with Crippen LogP contribution in [0.4, 0.5) is 4.39 Å². The van der Waals surface area contributed by atoms with Gasteiger partial charge in [-0.15, -0.1) is 0 Å². The molecule has 3 nitrogen and oxygen atoms in total. The van der Waals surface area contributed by atoms with Crippen LogP contribution in [0.25, 0.3) is 0 Å². The van der Waals surface area contributed by atoms with Crippen molar-refractivity contribution in [3.05, 3.63) is 0 Å². The highest BCUT2D eigenvalue weighted by atomic mass is 19.1. The smallest absolute Gasteiger partial charge is 0.343 e. The Morgan fingerprint density at radius 1 is 1.56 bits per heavy atom. The van der Waals surface area contributed by atoms with Crippen molar-refractivity contribution in [2.24, 2.45) is 11.8 Å². The SMILES string of the molecule is CCOC(=O)C(F)C1(O)CCCC(CC(C)C)C1. The van der Waals surface area contributed by atoms with Crippen molar-refractivity contribution in [1.82, 2.24) is 0 Å². The predicted molar refractivity (Wildman–Crippen MR) is 67.9 cm³/mol. The van der Waals surface area contributed by atoms with E-state index in [0.29, 0.717) is 24.7 Å². The standard InChI is InChI=1S/C14H25FO3/c1-4-18-13(16)12(15)14(17)7-5-6-11(9-14)8-10(2)3/h10-12,17H,4-9H2,1-3H3. The van der Waals surface area contributed by atoms with Gasteiger partial charge < -0.3 is 9.84 Å². The van der Waals surface area contributed by atoms with Crippen molar-refractivity contribution < 1.29 is 19.0 Å². The van der Waals surface area contributed by atoms with Gasteiger partial charge in [-0.2, -0.15) is 0 Å². The van der Waals surface area contributed by atoms with E-state index in [0.717, 1.165) is 19.3 Å². The van der Waals surface area contributed by atoms with Gasteiger partial charge >= 0.3 is 5.97 Å². The van der Waals surface area contributed by atoms with Gasteiger partial charge in [-0.1, -0.05) is 26.7 Å². The van der Waals surface area contributed by atoms with Crippen molar-refractivity contribution in [2.45, 2.75) is 64.6 Å². The molecule has 0 amide bonds. The lowest BCUT2D eigenvalue weighted by atomic mass is 9.73. The van der Waals surface area contributed by atoms with E-state index in [2.05, 4.69) is 18.6 Å². The number of hydrogen-bond donors (Lipinski definition) is 1. The second-order valence-electron chi connectivity index (χ2n) is 5.81. The van der Waals surface area contributed by atoms with E-state index >= 15 is 0 Å². The Morgan fingerprint density at radius 2 is 2.22 bits per heavy atom. The molecule has 0 saturated heterocycles. The number of alkyl halides is 1. The highest BCUT2D eigenvalue weighted by molar-refractivity contribution is 5.76. The van der Waals surface area contributed by atoms with Gasteiger partial charge in [-0.05, 0) is 38.0 Å². The maximum absolute atomic E-state index is 14.0. The molecule has 0 aromatic carbocycles. The highest BCUT2D eigenvalue weighted by Gasteiger charge is 2.46. The molecule has 1 fully saturated rings. The summed E-state index contributed by atoms with van der Waals surface area (Å²) in [6.07, 6.45) is 1.56. The van der Waals surface area contributed by atoms with Crippen LogP contribution < -0.4 is 0 Å². The quantitative estimate of drug-likeness (QED) is 0.773. The van der Waals surface area contributed by atoms with E-state index < -0.39 is 17.7 Å². The molecule has 106 valence electrons. The lowest BCUT2D eigenvalue weighted by molar-refractivity contribution is -0.165. The minimum Gasteiger partial charge on any atom is -0.464 e. The molecule has 0 aromatic heterocycles. The van der Waals surface area contributed by atoms with Gasteiger partial charge in [0.2, 0.25) is 6.17 Å². The summed E-state index contributed by atoms with van der Waals surface area (Å²) in [5, 5.41) is 10.3. The third kappa shape index (κ3) is 3.94. The molecule has 0 bridgehead atoms. The van der Waals surface area contributed by atoms with Gasteiger partial charge in [0.15, 0.2) is 0 Å². The molecular weight excluding hydrogens is 235 g/mol. The fourth-order valence-electron chi connectivity index (χ4n) is 2.93. The molecular formula is C14H25FO3. The van der Waals surface area contributed by atoms with Gasteiger partial charge in [0.25, 0.3) is 0 Å². The summed E-state index contributed by atoms with van der Waals surface area (Å²) in [6.45, 7) is 6.01. The fraction of sp³-hybridized carbons (Fsp3) is 0.929. The van der Waals surface area contributed by atoms with Crippen LogP contribution in [-0.4, -0.2) is 29.5 Å². The van der Waals surface area contributed by atoms with Crippen LogP contribution >= 0.6 is 0 Å². The first-order chi connectivity index (χ1) is 8.39. The van der Waals surface area contributed by atoms with Crippen molar-refractivity contribution in [1.29, 1.82) is 0 Å². The molecule has 18 heavy (non-hydrogen) atoms. The van der Waals surface area contributed by atoms with Gasteiger partial charge in [0, 0.05) is 0 Å². The molecule has 4 heteroatoms. The summed E-state index contributed by atoms with van der Waals surface area (Å²) in [4.78, 5) is 11.4. The maximum atomic E-state index is 14.0. The number of ether oxygens (including phenoxy) is 1. The van der Waals surface area contributed by atoms with Crippen LogP contribution in [0.2, 0.25) is 0 Å². The molecule has 1 aliphatic rings. The van der Waals surface area contributed by atoms with Crippen molar-refractivity contribution in [3.63, 3.8) is 0 Å². The van der Waals surface area contributed by atoms with E-state index in [9.17, 15) is 14.3 Å². The third-order valence-corrected chi connectivity index (χ3v) is 3.63. The van der Waals surface area contributed by atoms with Crippen LogP contribution in [0.3, 0.4) is 0 Å². The van der Waals surface area contributed by atoms with E-state index in [4.69, 9.17) is 0 Å². The molecule has 0 radical (unpaired) electrons. The van der Waals surface area contributed by atoms with E-state index in [1.54, 1.807) is 6.92 Å². The van der Waals surface area contributed by atoms with Crippen LogP contribution in [0.5, 0.6) is 0 Å². The largest absolute Gasteiger partial charge is 0.464 e. The second kappa shape index (κ2) is 6.50. The Bertz CT molecular complexity index is 280. The van der Waals surface area contributed by atoms with E-state index in [1.807, 2.05) is 0 Å². The lowest BCUT2D eigenvalue weighted by Crippen LogP contribution is -2.48. The number of carbonyl (C=O) groups excluding carboxylic acids is 1.